The molecule has 2 fully saturated rings. The van der Waals surface area contributed by atoms with Gasteiger partial charge >= 0.3 is 0 Å². The maximum atomic E-state index is 13.7. The summed E-state index contributed by atoms with van der Waals surface area (Å²) < 4.78 is 32.3. The van der Waals surface area contributed by atoms with Crippen molar-refractivity contribution in [2.45, 2.75) is 70.4 Å². The highest BCUT2D eigenvalue weighted by atomic mass is 32.2. The molecule has 2 aliphatic rings. The molecule has 1 N–H and O–H groups in total. The molecule has 1 heterocycles. The number of carbonyl (C=O) groups is 2. The molecule has 0 unspecified atom stereocenters. The normalized spacial score (nSPS) is 23.6. The quantitative estimate of drug-likeness (QED) is 0.625. The monoisotopic (exact) mass is 465 g/mol. The number of sulfonamides is 1. The predicted molar refractivity (Wildman–Crippen MR) is 124 cm³/mol. The van der Waals surface area contributed by atoms with Crippen LogP contribution in [0.5, 0.6) is 5.75 Å². The molecule has 0 spiro atoms. The number of benzene rings is 1. The van der Waals surface area contributed by atoms with Crippen molar-refractivity contribution in [2.75, 3.05) is 30.9 Å². The average molecular weight is 466 g/mol. The highest BCUT2D eigenvalue weighted by Gasteiger charge is 2.51. The molecular formula is C23H35N3O5S. The van der Waals surface area contributed by atoms with Gasteiger partial charge in [-0.1, -0.05) is 44.7 Å². The Bertz CT molecular complexity index is 927. The number of rotatable bonds is 7. The molecule has 1 saturated carbocycles. The van der Waals surface area contributed by atoms with Gasteiger partial charge in [-0.25, -0.2) is 8.42 Å². The standard InChI is InChI=1S/C23H35N3O5S/c1-4-15-32(29,30)25-16-21(27)26(19-13-9-10-14-20(19)31-3)23(2,17-25)22(28)24-18-11-7-5-6-8-12-18/h9-10,13-14,18H,4-8,11-12,15-17H2,1-3H3,(H,24,28)/t23-/m1/s1. The molecule has 2 amide bonds. The van der Waals surface area contributed by atoms with Crippen LogP contribution in [0.25, 0.3) is 0 Å². The Balaban J connectivity index is 2.00. The maximum Gasteiger partial charge on any atom is 0.247 e. The van der Waals surface area contributed by atoms with Crippen molar-refractivity contribution < 1.29 is 22.7 Å². The largest absolute Gasteiger partial charge is 0.495 e. The summed E-state index contributed by atoms with van der Waals surface area (Å²) in [4.78, 5) is 28.5. The Labute approximate surface area is 191 Å². The van der Waals surface area contributed by atoms with Crippen LogP contribution in [0.2, 0.25) is 0 Å². The number of methoxy groups -OCH3 is 1. The van der Waals surface area contributed by atoms with Crippen LogP contribution < -0.4 is 15.0 Å². The first kappa shape index (κ1) is 24.5. The lowest BCUT2D eigenvalue weighted by atomic mass is 9.93. The lowest BCUT2D eigenvalue weighted by molar-refractivity contribution is -0.133. The SMILES string of the molecule is CCCS(=O)(=O)N1CC(=O)N(c2ccccc2OC)[C@@](C)(C(=O)NC2CCCCCC2)C1. The van der Waals surface area contributed by atoms with Crippen LogP contribution in [0.4, 0.5) is 5.69 Å². The molecule has 1 aliphatic heterocycles. The van der Waals surface area contributed by atoms with Gasteiger partial charge < -0.3 is 10.1 Å². The summed E-state index contributed by atoms with van der Waals surface area (Å²) in [6.45, 7) is 3.03. The van der Waals surface area contributed by atoms with Gasteiger partial charge in [0.15, 0.2) is 0 Å². The molecule has 8 nitrogen and oxygen atoms in total. The third kappa shape index (κ3) is 5.09. The average Bonchev–Trinajstić information content (AvgIpc) is 3.02. The summed E-state index contributed by atoms with van der Waals surface area (Å²) >= 11 is 0. The number of ether oxygens (including phenoxy) is 1. The summed E-state index contributed by atoms with van der Waals surface area (Å²) in [5.74, 6) is -0.381. The zero-order chi connectivity index (χ0) is 23.4. The van der Waals surface area contributed by atoms with Crippen LogP contribution in [0.3, 0.4) is 0 Å². The van der Waals surface area contributed by atoms with Crippen LogP contribution in [0.1, 0.15) is 58.8 Å². The molecule has 0 bridgehead atoms. The minimum Gasteiger partial charge on any atom is -0.495 e. The number of amides is 2. The van der Waals surface area contributed by atoms with Gasteiger partial charge in [-0.3, -0.25) is 14.5 Å². The van der Waals surface area contributed by atoms with Gasteiger partial charge in [-0.05, 0) is 38.3 Å². The molecule has 0 radical (unpaired) electrons. The highest BCUT2D eigenvalue weighted by molar-refractivity contribution is 7.89. The van der Waals surface area contributed by atoms with E-state index in [1.807, 2.05) is 0 Å². The Morgan fingerprint density at radius 3 is 2.47 bits per heavy atom. The van der Waals surface area contributed by atoms with E-state index in [0.29, 0.717) is 17.9 Å². The first-order valence-electron chi connectivity index (χ1n) is 11.5. The van der Waals surface area contributed by atoms with Gasteiger partial charge in [0.05, 0.1) is 25.1 Å². The molecular weight excluding hydrogens is 430 g/mol. The van der Waals surface area contributed by atoms with Crippen molar-refractivity contribution in [1.82, 2.24) is 9.62 Å². The number of nitrogens with zero attached hydrogens (tertiary/aromatic N) is 2. The summed E-state index contributed by atoms with van der Waals surface area (Å²) in [5.41, 5.74) is -0.942. The number of carbonyl (C=O) groups excluding carboxylic acids is 2. The number of hydrogen-bond acceptors (Lipinski definition) is 5. The summed E-state index contributed by atoms with van der Waals surface area (Å²) in [7, 11) is -2.15. The lowest BCUT2D eigenvalue weighted by Gasteiger charge is -2.47. The van der Waals surface area contributed by atoms with Crippen LogP contribution in [0.15, 0.2) is 24.3 Å². The summed E-state index contributed by atoms with van der Waals surface area (Å²) in [6, 6.07) is 7.04. The smallest absolute Gasteiger partial charge is 0.247 e. The van der Waals surface area contributed by atoms with E-state index in [4.69, 9.17) is 4.74 Å². The van der Waals surface area contributed by atoms with E-state index in [1.165, 1.54) is 12.0 Å². The number of piperazine rings is 1. The molecule has 1 atom stereocenters. The van der Waals surface area contributed by atoms with Crippen molar-refractivity contribution in [2.24, 2.45) is 0 Å². The van der Waals surface area contributed by atoms with Crippen molar-refractivity contribution >= 4 is 27.5 Å². The van der Waals surface area contributed by atoms with E-state index in [9.17, 15) is 18.0 Å². The van der Waals surface area contributed by atoms with Gasteiger partial charge in [0.2, 0.25) is 21.8 Å². The van der Waals surface area contributed by atoms with Crippen molar-refractivity contribution in [3.63, 3.8) is 0 Å². The number of hydrogen-bond donors (Lipinski definition) is 1. The Kier molecular flexibility index (Phi) is 7.82. The molecule has 1 saturated heterocycles. The number of nitrogens with one attached hydrogen (secondary N) is 1. The number of para-hydroxylation sites is 2. The van der Waals surface area contributed by atoms with Gasteiger partial charge in [0, 0.05) is 12.6 Å². The second-order valence-corrected chi connectivity index (χ2v) is 11.0. The topological polar surface area (TPSA) is 96.0 Å². The number of anilines is 1. The van der Waals surface area contributed by atoms with Crippen molar-refractivity contribution in [3.8, 4) is 5.75 Å². The fraction of sp³-hybridized carbons (Fsp3) is 0.652. The molecule has 0 aromatic heterocycles. The molecule has 178 valence electrons. The molecule has 1 aliphatic carbocycles. The summed E-state index contributed by atoms with van der Waals surface area (Å²) in [6.07, 6.45) is 6.62. The second kappa shape index (κ2) is 10.2. The van der Waals surface area contributed by atoms with Crippen LogP contribution in [-0.4, -0.2) is 62.1 Å². The zero-order valence-corrected chi connectivity index (χ0v) is 20.1. The molecule has 1 aromatic rings. The fourth-order valence-corrected chi connectivity index (χ4v) is 6.23. The van der Waals surface area contributed by atoms with Gasteiger partial charge in [-0.2, -0.15) is 4.31 Å². The Morgan fingerprint density at radius 1 is 1.19 bits per heavy atom. The van der Waals surface area contributed by atoms with Crippen molar-refractivity contribution in [1.29, 1.82) is 0 Å². The first-order chi connectivity index (χ1) is 15.2. The van der Waals surface area contributed by atoms with Gasteiger partial charge in [0.1, 0.15) is 11.3 Å². The van der Waals surface area contributed by atoms with Crippen LogP contribution in [-0.2, 0) is 19.6 Å². The minimum absolute atomic E-state index is 0.0269. The van der Waals surface area contributed by atoms with Crippen molar-refractivity contribution in [3.05, 3.63) is 24.3 Å². The van der Waals surface area contributed by atoms with E-state index < -0.39 is 21.5 Å². The second-order valence-electron chi connectivity index (χ2n) is 8.92. The van der Waals surface area contributed by atoms with Crippen LogP contribution >= 0.6 is 0 Å². The maximum absolute atomic E-state index is 13.7. The van der Waals surface area contributed by atoms with Gasteiger partial charge in [0.25, 0.3) is 0 Å². The third-order valence-electron chi connectivity index (χ3n) is 6.40. The fourth-order valence-electron chi connectivity index (χ4n) is 4.70. The highest BCUT2D eigenvalue weighted by Crippen LogP contribution is 2.37. The minimum atomic E-state index is -3.66. The lowest BCUT2D eigenvalue weighted by Crippen LogP contribution is -2.71. The first-order valence-corrected chi connectivity index (χ1v) is 13.1. The van der Waals surface area contributed by atoms with Gasteiger partial charge in [-0.15, -0.1) is 0 Å². The van der Waals surface area contributed by atoms with E-state index >= 15 is 0 Å². The Hall–Kier alpha value is -2.13. The molecule has 3 rings (SSSR count). The van der Waals surface area contributed by atoms with E-state index in [0.717, 1.165) is 42.8 Å². The Morgan fingerprint density at radius 2 is 1.84 bits per heavy atom. The zero-order valence-electron chi connectivity index (χ0n) is 19.3. The third-order valence-corrected chi connectivity index (χ3v) is 8.37. The van der Waals surface area contributed by atoms with E-state index in [2.05, 4.69) is 5.32 Å². The van der Waals surface area contributed by atoms with E-state index in [1.54, 1.807) is 38.1 Å². The molecule has 9 heteroatoms. The predicted octanol–water partition coefficient (Wildman–Crippen LogP) is 2.68. The molecule has 1 aromatic carbocycles. The molecule has 32 heavy (non-hydrogen) atoms. The summed E-state index contributed by atoms with van der Waals surface area (Å²) in [5, 5.41) is 3.14. The van der Waals surface area contributed by atoms with Crippen LogP contribution in [0, 0.1) is 0 Å². The van der Waals surface area contributed by atoms with E-state index in [-0.39, 0.29) is 30.8 Å².